The van der Waals surface area contributed by atoms with Crippen molar-refractivity contribution in [2.24, 2.45) is 11.3 Å². The molecule has 6 aliphatic rings. The number of nitrogens with zero attached hydrogens (tertiary/aromatic N) is 9. The van der Waals surface area contributed by atoms with Gasteiger partial charge in [0.2, 0.25) is 11.9 Å². The number of aromatic nitrogens is 6. The average Bonchev–Trinajstić information content (AvgIpc) is 4.23. The number of likely N-dealkylation sites (tertiary alicyclic amines) is 2. The predicted molar refractivity (Wildman–Crippen MR) is 286 cm³/mol. The van der Waals surface area contributed by atoms with E-state index in [1.165, 1.54) is 29.4 Å². The topological polar surface area (TPSA) is 202 Å². The van der Waals surface area contributed by atoms with Gasteiger partial charge in [-0.25, -0.2) is 14.4 Å². The summed E-state index contributed by atoms with van der Waals surface area (Å²) in [4.78, 5) is 55.8. The summed E-state index contributed by atoms with van der Waals surface area (Å²) in [7, 11) is 0. The number of aromatic amines is 1. The Balaban J connectivity index is 0.572. The molecule has 0 radical (unpaired) electrons. The molecule has 5 atom stereocenters. The molecule has 4 aromatic heterocycles. The second-order valence-corrected chi connectivity index (χ2v) is 23.0. The molecule has 3 aromatic carbocycles. The van der Waals surface area contributed by atoms with E-state index in [1.807, 2.05) is 44.3 Å². The van der Waals surface area contributed by atoms with Crippen LogP contribution in [0, 0.1) is 17.2 Å². The van der Waals surface area contributed by atoms with Crippen LogP contribution >= 0.6 is 0 Å². The Morgan fingerprint density at radius 3 is 2.27 bits per heavy atom. The first-order chi connectivity index (χ1) is 37.4. The molecule has 2 unspecified atom stereocenters. The van der Waals surface area contributed by atoms with Crippen LogP contribution in [-0.2, 0) is 9.59 Å². The van der Waals surface area contributed by atoms with E-state index in [4.69, 9.17) is 19.3 Å². The van der Waals surface area contributed by atoms with E-state index < -0.39 is 24.0 Å². The lowest BCUT2D eigenvalue weighted by atomic mass is 9.49. The van der Waals surface area contributed by atoms with Crippen LogP contribution in [-0.4, -0.2) is 125 Å². The van der Waals surface area contributed by atoms with Gasteiger partial charge in [-0.05, 0) is 129 Å². The lowest BCUT2D eigenvalue weighted by Crippen LogP contribution is -2.57. The number of piperazine rings is 1. The lowest BCUT2D eigenvalue weighted by molar-refractivity contribution is -0.143. The number of rotatable bonds is 13. The lowest BCUT2D eigenvalue weighted by Gasteiger charge is -2.60. The number of fused-ring (bicyclic) bond motifs is 3. The SMILES string of the molecule is CC(C)[C@@H](C(=O)N1C[C@H](O)C[C@H]1C(=O)NOc1ccc(-c2ccccc2F)cc1)c1cc([C@H]2CC3(C2)C[C@H](N2CCC(c4cnc(N5C6CCC5CN(c5c[nH]c7nnc(-c8ccccc8O)cc57)C6)nc4)CC2)C3)no1. The number of phenolic OH excluding ortho intramolecular Hbond substituents is 1. The summed E-state index contributed by atoms with van der Waals surface area (Å²) in [5.74, 6) is 0.530. The third-order valence-electron chi connectivity index (χ3n) is 17.9. The molecule has 2 amide bonds. The number of piperidine rings is 1. The van der Waals surface area contributed by atoms with Crippen molar-refractivity contribution < 1.29 is 33.6 Å². The fourth-order valence-corrected chi connectivity index (χ4v) is 13.9. The molecule has 2 saturated carbocycles. The summed E-state index contributed by atoms with van der Waals surface area (Å²) in [6, 6.07) is 24.6. The van der Waals surface area contributed by atoms with Crippen LogP contribution in [0.25, 0.3) is 33.4 Å². The van der Waals surface area contributed by atoms with Crippen LogP contribution in [0.4, 0.5) is 16.0 Å². The monoisotopic (exact) mass is 1040 g/mol. The minimum absolute atomic E-state index is 0.0158. The summed E-state index contributed by atoms with van der Waals surface area (Å²) in [6.45, 7) is 7.79. The first-order valence-electron chi connectivity index (χ1n) is 27.4. The van der Waals surface area contributed by atoms with Crippen molar-refractivity contribution in [1.82, 2.24) is 45.6 Å². The van der Waals surface area contributed by atoms with E-state index in [2.05, 4.69) is 52.9 Å². The van der Waals surface area contributed by atoms with Crippen molar-refractivity contribution in [3.05, 3.63) is 126 Å². The highest BCUT2D eigenvalue weighted by Crippen LogP contribution is 2.63. The van der Waals surface area contributed by atoms with E-state index in [1.54, 1.807) is 54.6 Å². The molecule has 18 heteroatoms. The second-order valence-electron chi connectivity index (χ2n) is 23.0. The highest BCUT2D eigenvalue weighted by atomic mass is 19.1. The number of carbonyl (C=O) groups excluding carboxylic acids is 2. The third kappa shape index (κ3) is 9.21. The molecule has 17 nitrogen and oxygen atoms in total. The molecule has 398 valence electrons. The van der Waals surface area contributed by atoms with Crippen molar-refractivity contribution in [1.29, 1.82) is 0 Å². The number of para-hydroxylation sites is 1. The summed E-state index contributed by atoms with van der Waals surface area (Å²) < 4.78 is 20.3. The normalized spacial score (nSPS) is 25.8. The number of amides is 2. The minimum Gasteiger partial charge on any atom is -0.507 e. The molecule has 4 N–H and O–H groups in total. The average molecular weight is 1040 g/mol. The molecule has 6 fully saturated rings. The number of β-amino-alcohol motifs (C(OH)–C–C–N with tert-alkyl or cyclic N) is 1. The van der Waals surface area contributed by atoms with E-state index in [9.17, 15) is 24.2 Å². The Morgan fingerprint density at radius 1 is 0.844 bits per heavy atom. The maximum atomic E-state index is 14.3. The van der Waals surface area contributed by atoms with Gasteiger partial charge in [-0.1, -0.05) is 61.5 Å². The number of nitrogens with one attached hydrogen (secondary N) is 2. The maximum Gasteiger partial charge on any atom is 0.275 e. The predicted octanol–water partition coefficient (Wildman–Crippen LogP) is 8.49. The molecule has 77 heavy (non-hydrogen) atoms. The largest absolute Gasteiger partial charge is 0.507 e. The van der Waals surface area contributed by atoms with Crippen molar-refractivity contribution in [2.75, 3.05) is 42.5 Å². The molecule has 13 rings (SSSR count). The Labute approximate surface area is 445 Å². The number of anilines is 2. The quantitative estimate of drug-likeness (QED) is 0.0801. The van der Waals surface area contributed by atoms with Crippen LogP contribution in [0.5, 0.6) is 11.5 Å². The van der Waals surface area contributed by atoms with E-state index in [0.29, 0.717) is 63.4 Å². The molecular weight excluding hydrogens is 978 g/mol. The Hall–Kier alpha value is -7.44. The number of hydroxylamine groups is 1. The Kier molecular flexibility index (Phi) is 12.7. The van der Waals surface area contributed by atoms with Crippen LogP contribution < -0.4 is 20.1 Å². The van der Waals surface area contributed by atoms with Crippen molar-refractivity contribution >= 4 is 34.5 Å². The number of carbonyl (C=O) groups is 2. The van der Waals surface area contributed by atoms with Gasteiger partial charge in [-0.3, -0.25) is 9.59 Å². The standard InChI is InChI=1S/C59H64FN11O6/c1-34(2)54(57(75)70-33-42(72)21-50(70)56(74)67-76-43-15-11-36(12-16-43)44-7-3-5-9-47(44)60)53-23-48(66-77-53)37-24-59(25-37)26-41(27-59)68-19-17-35(18-20-68)38-28-62-58(63-29-38)71-39-13-14-40(71)32-69(31-39)51-30-61-55-46(51)22-49(64-65-55)45-8-4-6-10-52(45)73/h3-12,15-16,22-23,28-30,34-35,37,39-42,50,54,72-73H,13-14,17-21,24-27,31-33H2,1-2H3,(H,61,65)(H,67,74)/t37-,39?,40?,41-,42-,50+,54-,59?/m1/s1. The Morgan fingerprint density at radius 2 is 1.56 bits per heavy atom. The zero-order valence-electron chi connectivity index (χ0n) is 43.3. The summed E-state index contributed by atoms with van der Waals surface area (Å²) in [5.41, 5.74) is 9.16. The fraction of sp³-hybridized carbons (Fsp3) is 0.441. The number of hydrogen-bond acceptors (Lipinski definition) is 14. The summed E-state index contributed by atoms with van der Waals surface area (Å²) in [5, 5.41) is 35.5. The van der Waals surface area contributed by atoms with Gasteiger partial charge in [0.25, 0.3) is 5.91 Å². The molecular formula is C59H64FN11O6. The van der Waals surface area contributed by atoms with Gasteiger partial charge >= 0.3 is 0 Å². The Bertz CT molecular complexity index is 3280. The smallest absolute Gasteiger partial charge is 0.275 e. The zero-order chi connectivity index (χ0) is 52.5. The molecule has 8 heterocycles. The number of hydrogen-bond donors (Lipinski definition) is 4. The van der Waals surface area contributed by atoms with Crippen molar-refractivity contribution in [3.8, 4) is 33.9 Å². The highest BCUT2D eigenvalue weighted by Gasteiger charge is 2.55. The molecule has 4 aliphatic heterocycles. The van der Waals surface area contributed by atoms with Gasteiger partial charge in [-0.2, -0.15) is 5.48 Å². The van der Waals surface area contributed by atoms with E-state index in [0.717, 1.165) is 93.1 Å². The van der Waals surface area contributed by atoms with Gasteiger partial charge in [-0.15, -0.1) is 10.2 Å². The van der Waals surface area contributed by atoms with Gasteiger partial charge < -0.3 is 44.2 Å². The molecule has 2 bridgehead atoms. The minimum atomic E-state index is -0.942. The van der Waals surface area contributed by atoms with Crippen LogP contribution in [0.3, 0.4) is 0 Å². The number of aliphatic hydroxyl groups excluding tert-OH is 1. The molecule has 2 aliphatic carbocycles. The fourth-order valence-electron chi connectivity index (χ4n) is 13.9. The van der Waals surface area contributed by atoms with Gasteiger partial charge in [0.1, 0.15) is 29.3 Å². The second kappa shape index (κ2) is 19.8. The first kappa shape index (κ1) is 49.2. The highest BCUT2D eigenvalue weighted by molar-refractivity contribution is 5.93. The van der Waals surface area contributed by atoms with Crippen molar-refractivity contribution in [3.63, 3.8) is 0 Å². The molecule has 4 saturated heterocycles. The van der Waals surface area contributed by atoms with Crippen LogP contribution in [0.15, 0.2) is 108 Å². The van der Waals surface area contributed by atoms with Crippen molar-refractivity contribution in [2.45, 2.75) is 120 Å². The number of aliphatic hydroxyl groups is 1. The van der Waals surface area contributed by atoms with E-state index >= 15 is 0 Å². The first-order valence-corrected chi connectivity index (χ1v) is 27.4. The van der Waals surface area contributed by atoms with Gasteiger partial charge in [0, 0.05) is 91.3 Å². The van der Waals surface area contributed by atoms with Gasteiger partial charge in [0.15, 0.2) is 11.4 Å². The van der Waals surface area contributed by atoms with Gasteiger partial charge in [0.05, 0.1) is 23.2 Å². The molecule has 7 aromatic rings. The number of benzene rings is 3. The third-order valence-corrected chi connectivity index (χ3v) is 17.9. The number of phenols is 1. The van der Waals surface area contributed by atoms with Crippen LogP contribution in [0.1, 0.15) is 106 Å². The number of halogens is 1. The zero-order valence-corrected chi connectivity index (χ0v) is 43.3. The van der Waals surface area contributed by atoms with E-state index in [-0.39, 0.29) is 42.3 Å². The number of H-pyrrole nitrogens is 1. The maximum absolute atomic E-state index is 14.3. The van der Waals surface area contributed by atoms with Crippen LogP contribution in [0.2, 0.25) is 0 Å². The number of aromatic hydroxyl groups is 1. The summed E-state index contributed by atoms with van der Waals surface area (Å²) in [6.07, 6.45) is 14.3. The summed E-state index contributed by atoms with van der Waals surface area (Å²) >= 11 is 0. The molecule has 1 spiro atoms.